The zero-order chi connectivity index (χ0) is 29.5. The third-order valence-electron chi connectivity index (χ3n) is 7.76. The van der Waals surface area contributed by atoms with Crippen LogP contribution >= 0.6 is 0 Å². The predicted molar refractivity (Wildman–Crippen MR) is 152 cm³/mol. The number of sulfonamides is 1. The molecule has 1 unspecified atom stereocenters. The molecule has 0 bridgehead atoms. The molecular weight excluding hydrogens is 548 g/mol. The van der Waals surface area contributed by atoms with Crippen LogP contribution in [0.25, 0.3) is 5.76 Å². The van der Waals surface area contributed by atoms with Gasteiger partial charge in [0.2, 0.25) is 10.0 Å². The fourth-order valence-electron chi connectivity index (χ4n) is 5.78. The van der Waals surface area contributed by atoms with E-state index in [4.69, 9.17) is 4.74 Å². The van der Waals surface area contributed by atoms with Crippen LogP contribution in [0.15, 0.2) is 59.0 Å². The SMILES string of the molecule is CCCN1C(=O)C2(C(=C(O)c3ccc(S(=O)(=O)N4CCOCC4)cc3)C(=O)C(=O)N2CCN(C)C)c2ccccc21. The number of ether oxygens (including phenoxy) is 1. The quantitative estimate of drug-likeness (QED) is 0.283. The predicted octanol–water partition coefficient (Wildman–Crippen LogP) is 1.60. The molecule has 0 aliphatic carbocycles. The Morgan fingerprint density at radius 2 is 1.66 bits per heavy atom. The number of rotatable bonds is 8. The Labute approximate surface area is 239 Å². The highest BCUT2D eigenvalue weighted by molar-refractivity contribution is 7.89. The summed E-state index contributed by atoms with van der Waals surface area (Å²) in [6.07, 6.45) is 0.639. The number of amides is 2. The Hall–Kier alpha value is -3.58. The van der Waals surface area contributed by atoms with Gasteiger partial charge in [0.05, 0.1) is 29.4 Å². The molecule has 218 valence electrons. The molecule has 0 saturated carbocycles. The molecule has 0 radical (unpaired) electrons. The van der Waals surface area contributed by atoms with Crippen LogP contribution in [-0.4, -0.2) is 105 Å². The van der Waals surface area contributed by atoms with Crippen molar-refractivity contribution in [1.82, 2.24) is 14.1 Å². The maximum absolute atomic E-state index is 14.4. The highest BCUT2D eigenvalue weighted by Gasteiger charge is 2.66. The molecular formula is C29H34N4O7S. The molecule has 2 saturated heterocycles. The minimum absolute atomic E-state index is 0.0218. The number of fused-ring (bicyclic) bond motifs is 2. The summed E-state index contributed by atoms with van der Waals surface area (Å²) in [5.41, 5.74) is -1.02. The van der Waals surface area contributed by atoms with Gasteiger partial charge in [-0.05, 0) is 50.8 Å². The lowest BCUT2D eigenvalue weighted by molar-refractivity contribution is -0.143. The minimum atomic E-state index is -3.79. The van der Waals surface area contributed by atoms with Crippen LogP contribution in [0.3, 0.4) is 0 Å². The van der Waals surface area contributed by atoms with Crippen LogP contribution < -0.4 is 4.90 Å². The van der Waals surface area contributed by atoms with Gasteiger partial charge in [0.1, 0.15) is 5.76 Å². The van der Waals surface area contributed by atoms with Crippen molar-refractivity contribution in [3.63, 3.8) is 0 Å². The van der Waals surface area contributed by atoms with E-state index in [0.717, 1.165) is 0 Å². The summed E-state index contributed by atoms with van der Waals surface area (Å²) in [5, 5.41) is 11.7. The van der Waals surface area contributed by atoms with Gasteiger partial charge in [0.15, 0.2) is 5.54 Å². The van der Waals surface area contributed by atoms with E-state index in [1.165, 1.54) is 33.5 Å². The van der Waals surface area contributed by atoms with Gasteiger partial charge in [0.25, 0.3) is 17.6 Å². The number of para-hydroxylation sites is 1. The number of aliphatic hydroxyl groups is 1. The summed E-state index contributed by atoms with van der Waals surface area (Å²) >= 11 is 0. The number of Topliss-reactive ketones (excluding diaryl/α,β-unsaturated/α-hetero) is 1. The molecule has 3 aliphatic rings. The van der Waals surface area contributed by atoms with Crippen LogP contribution in [-0.2, 0) is 34.7 Å². The van der Waals surface area contributed by atoms with E-state index in [2.05, 4.69) is 0 Å². The van der Waals surface area contributed by atoms with Gasteiger partial charge in [-0.1, -0.05) is 25.1 Å². The van der Waals surface area contributed by atoms with Gasteiger partial charge >= 0.3 is 0 Å². The average Bonchev–Trinajstić information content (AvgIpc) is 3.35. The van der Waals surface area contributed by atoms with E-state index >= 15 is 0 Å². The van der Waals surface area contributed by atoms with Crippen molar-refractivity contribution in [2.45, 2.75) is 23.8 Å². The van der Waals surface area contributed by atoms with Crippen molar-refractivity contribution in [1.29, 1.82) is 0 Å². The maximum atomic E-state index is 14.4. The zero-order valence-corrected chi connectivity index (χ0v) is 24.2. The third-order valence-corrected chi connectivity index (χ3v) is 9.68. The number of morpholine rings is 1. The Morgan fingerprint density at radius 3 is 2.29 bits per heavy atom. The molecule has 1 N–H and O–H groups in total. The molecule has 2 fully saturated rings. The summed E-state index contributed by atoms with van der Waals surface area (Å²) in [7, 11) is -0.145. The molecule has 2 amide bonds. The number of likely N-dealkylation sites (tertiary alicyclic amines) is 1. The van der Waals surface area contributed by atoms with Crippen molar-refractivity contribution in [3.8, 4) is 0 Å². The smallest absolute Gasteiger partial charge is 0.296 e. The van der Waals surface area contributed by atoms with E-state index < -0.39 is 38.9 Å². The fraction of sp³-hybridized carbons (Fsp3) is 0.414. The number of likely N-dealkylation sites (N-methyl/N-ethyl adjacent to an activating group) is 1. The number of ketones is 1. The highest BCUT2D eigenvalue weighted by Crippen LogP contribution is 2.53. The summed E-state index contributed by atoms with van der Waals surface area (Å²) in [5.74, 6) is -2.85. The van der Waals surface area contributed by atoms with Crippen LogP contribution in [0.4, 0.5) is 5.69 Å². The van der Waals surface area contributed by atoms with Crippen LogP contribution in [0.2, 0.25) is 0 Å². The maximum Gasteiger partial charge on any atom is 0.296 e. The summed E-state index contributed by atoms with van der Waals surface area (Å²) in [4.78, 5) is 46.3. The van der Waals surface area contributed by atoms with E-state index in [0.29, 0.717) is 44.0 Å². The second kappa shape index (κ2) is 11.0. The molecule has 1 spiro atoms. The van der Waals surface area contributed by atoms with Crippen LogP contribution in [0.1, 0.15) is 24.5 Å². The number of hydrogen-bond acceptors (Lipinski definition) is 8. The van der Waals surface area contributed by atoms with Crippen LogP contribution in [0, 0.1) is 0 Å². The number of benzene rings is 2. The largest absolute Gasteiger partial charge is 0.507 e. The van der Waals surface area contributed by atoms with E-state index in [1.807, 2.05) is 25.9 Å². The van der Waals surface area contributed by atoms with Crippen molar-refractivity contribution in [3.05, 3.63) is 65.2 Å². The van der Waals surface area contributed by atoms with E-state index in [-0.39, 0.29) is 35.7 Å². The molecule has 11 nitrogen and oxygen atoms in total. The van der Waals surface area contributed by atoms with Gasteiger partial charge in [-0.25, -0.2) is 8.42 Å². The summed E-state index contributed by atoms with van der Waals surface area (Å²) < 4.78 is 32.8. The van der Waals surface area contributed by atoms with Gasteiger partial charge in [0, 0.05) is 43.9 Å². The molecule has 12 heteroatoms. The molecule has 0 aromatic heterocycles. The van der Waals surface area contributed by atoms with Crippen molar-refractivity contribution < 1.29 is 32.6 Å². The second-order valence-electron chi connectivity index (χ2n) is 10.5. The highest BCUT2D eigenvalue weighted by atomic mass is 32.2. The number of hydrogen-bond donors (Lipinski definition) is 1. The lowest BCUT2D eigenvalue weighted by atomic mass is 9.82. The molecule has 3 aliphatic heterocycles. The molecule has 5 rings (SSSR count). The Morgan fingerprint density at radius 1 is 1.00 bits per heavy atom. The Balaban J connectivity index is 1.67. The van der Waals surface area contributed by atoms with Crippen LogP contribution in [0.5, 0.6) is 0 Å². The van der Waals surface area contributed by atoms with E-state index in [1.54, 1.807) is 29.2 Å². The number of nitrogens with zero attached hydrogens (tertiary/aromatic N) is 4. The first-order chi connectivity index (χ1) is 19.6. The fourth-order valence-corrected chi connectivity index (χ4v) is 7.19. The van der Waals surface area contributed by atoms with Crippen molar-refractivity contribution >= 4 is 39.1 Å². The van der Waals surface area contributed by atoms with Crippen molar-refractivity contribution in [2.24, 2.45) is 0 Å². The zero-order valence-electron chi connectivity index (χ0n) is 23.4. The van der Waals surface area contributed by atoms with E-state index in [9.17, 15) is 27.9 Å². The topological polar surface area (TPSA) is 128 Å². The molecule has 2 aromatic rings. The van der Waals surface area contributed by atoms with Crippen molar-refractivity contribution in [2.75, 3.05) is 64.9 Å². The van der Waals surface area contributed by atoms with Gasteiger partial charge in [-0.3, -0.25) is 14.4 Å². The molecule has 3 heterocycles. The lowest BCUT2D eigenvalue weighted by Gasteiger charge is -2.35. The summed E-state index contributed by atoms with van der Waals surface area (Å²) in [6, 6.07) is 12.5. The standard InChI is InChI=1S/C29H34N4O7S/c1-4-13-32-23-8-6-5-7-22(23)29(28(32)37)24(26(35)27(36)33(29)15-14-30(2)3)25(34)20-9-11-21(12-10-20)41(38,39)31-16-18-40-19-17-31/h5-12,34H,4,13-19H2,1-3H3. The Kier molecular flexibility index (Phi) is 7.77. The first kappa shape index (κ1) is 28.9. The van der Waals surface area contributed by atoms with Gasteiger partial charge < -0.3 is 24.5 Å². The number of carbonyl (C=O) groups is 3. The first-order valence-electron chi connectivity index (χ1n) is 13.6. The lowest BCUT2D eigenvalue weighted by Crippen LogP contribution is -2.53. The average molecular weight is 583 g/mol. The van der Waals surface area contributed by atoms with Gasteiger partial charge in [-0.2, -0.15) is 4.31 Å². The first-order valence-corrected chi connectivity index (χ1v) is 15.0. The minimum Gasteiger partial charge on any atom is -0.507 e. The third kappa shape index (κ3) is 4.55. The number of anilines is 1. The number of carbonyl (C=O) groups excluding carboxylic acids is 3. The summed E-state index contributed by atoms with van der Waals surface area (Å²) in [6.45, 7) is 3.82. The molecule has 2 aromatic carbocycles. The second-order valence-corrected chi connectivity index (χ2v) is 12.5. The Bertz CT molecular complexity index is 1510. The number of aliphatic hydroxyl groups excluding tert-OH is 1. The normalized spacial score (nSPS) is 22.8. The van der Waals surface area contributed by atoms with Gasteiger partial charge in [-0.15, -0.1) is 0 Å². The molecule has 1 atom stereocenters. The molecule has 41 heavy (non-hydrogen) atoms. The monoisotopic (exact) mass is 582 g/mol.